The van der Waals surface area contributed by atoms with Crippen molar-refractivity contribution in [2.45, 2.75) is 46.5 Å². The molecule has 0 saturated heterocycles. The van der Waals surface area contributed by atoms with E-state index in [1.807, 2.05) is 6.20 Å². The van der Waals surface area contributed by atoms with Crippen LogP contribution in [0.2, 0.25) is 0 Å². The van der Waals surface area contributed by atoms with E-state index < -0.39 is 0 Å². The molecule has 0 fully saturated rings. The van der Waals surface area contributed by atoms with Crippen LogP contribution in [0, 0.1) is 6.92 Å². The minimum atomic E-state index is 0.118. The minimum absolute atomic E-state index is 0.118. The van der Waals surface area contributed by atoms with E-state index in [4.69, 9.17) is 4.98 Å². The van der Waals surface area contributed by atoms with E-state index in [-0.39, 0.29) is 6.98 Å². The third kappa shape index (κ3) is 2.70. The van der Waals surface area contributed by atoms with Gasteiger partial charge < -0.3 is 9.29 Å². The summed E-state index contributed by atoms with van der Waals surface area (Å²) in [6.45, 7) is 11.5. The molecule has 0 saturated carbocycles. The lowest BCUT2D eigenvalue weighted by Crippen LogP contribution is -2.56. The third-order valence-corrected chi connectivity index (χ3v) is 5.83. The van der Waals surface area contributed by atoms with E-state index in [0.717, 1.165) is 5.82 Å². The molecular weight excluding hydrogens is 329 g/mol. The molecule has 4 rings (SSSR count). The van der Waals surface area contributed by atoms with Crippen molar-refractivity contribution in [1.29, 1.82) is 0 Å². The second-order valence-corrected chi connectivity index (χ2v) is 8.27. The normalized spacial score (nSPS) is 13.3. The summed E-state index contributed by atoms with van der Waals surface area (Å²) in [6, 6.07) is 13.3. The van der Waals surface area contributed by atoms with Crippen LogP contribution in [-0.2, 0) is 0 Å². The summed E-state index contributed by atoms with van der Waals surface area (Å²) in [5.74, 6) is 2.01. The number of benzene rings is 2. The zero-order chi connectivity index (χ0) is 19.3. The number of hydrogen-bond acceptors (Lipinski definition) is 2. The second-order valence-electron chi connectivity index (χ2n) is 8.27. The quantitative estimate of drug-likeness (QED) is 0.628. The third-order valence-electron chi connectivity index (χ3n) is 5.83. The highest BCUT2D eigenvalue weighted by Gasteiger charge is 2.38. The summed E-state index contributed by atoms with van der Waals surface area (Å²) in [4.78, 5) is 7.18. The van der Waals surface area contributed by atoms with E-state index in [1.54, 1.807) is 0 Å². The fraction of sp³-hybridized carbons (Fsp3) is 0.348. The molecule has 0 spiro atoms. The van der Waals surface area contributed by atoms with Gasteiger partial charge in [-0.1, -0.05) is 58.0 Å². The van der Waals surface area contributed by atoms with E-state index in [0.29, 0.717) is 11.8 Å². The first kappa shape index (κ1) is 17.9. The predicted molar refractivity (Wildman–Crippen MR) is 116 cm³/mol. The minimum Gasteiger partial charge on any atom is -0.394 e. The molecule has 1 aromatic heterocycles. The van der Waals surface area contributed by atoms with Crippen molar-refractivity contribution in [3.05, 3.63) is 65.5 Å². The number of hydrogen-bond donors (Lipinski definition) is 0. The molecule has 0 N–H and O–H groups in total. The first-order valence-electron chi connectivity index (χ1n) is 9.90. The second kappa shape index (κ2) is 6.59. The summed E-state index contributed by atoms with van der Waals surface area (Å²) in [7, 11) is 2.22. The molecule has 0 radical (unpaired) electrons. The standard InChI is InChI=1S/C23H28BN3/c1-15(2)18-10-8-11-19(16(3)4)22(18)24-26(6)20-12-7-9-17(5)21(20)23-25-13-14-27(23)24/h7-16H,1-6H3. The molecule has 0 amide bonds. The molecule has 2 aromatic carbocycles. The summed E-state index contributed by atoms with van der Waals surface area (Å²) < 4.78 is 2.35. The van der Waals surface area contributed by atoms with Gasteiger partial charge in [-0.15, -0.1) is 0 Å². The Labute approximate surface area is 163 Å². The van der Waals surface area contributed by atoms with Crippen LogP contribution in [0.4, 0.5) is 5.69 Å². The van der Waals surface area contributed by atoms with Crippen LogP contribution in [-0.4, -0.2) is 23.5 Å². The molecule has 4 heteroatoms. The zero-order valence-corrected chi connectivity index (χ0v) is 17.2. The Morgan fingerprint density at radius 1 is 0.926 bits per heavy atom. The first-order valence-corrected chi connectivity index (χ1v) is 9.90. The summed E-state index contributed by atoms with van der Waals surface area (Å²) in [5.41, 5.74) is 8.05. The van der Waals surface area contributed by atoms with Crippen molar-refractivity contribution in [2.75, 3.05) is 11.9 Å². The van der Waals surface area contributed by atoms with Crippen molar-refractivity contribution in [1.82, 2.24) is 9.46 Å². The molecule has 1 aliphatic rings. The van der Waals surface area contributed by atoms with Crippen molar-refractivity contribution in [3.8, 4) is 11.4 Å². The molecule has 0 aliphatic carbocycles. The highest BCUT2D eigenvalue weighted by atomic mass is 15.2. The van der Waals surface area contributed by atoms with Gasteiger partial charge in [0.05, 0.1) is 0 Å². The van der Waals surface area contributed by atoms with Crippen LogP contribution < -0.4 is 10.3 Å². The average molecular weight is 357 g/mol. The monoisotopic (exact) mass is 357 g/mol. The SMILES string of the molecule is Cc1cccc2c1-c1nccn1B(c1c(C(C)C)cccc1C(C)C)N2C. The summed E-state index contributed by atoms with van der Waals surface area (Å²) >= 11 is 0. The van der Waals surface area contributed by atoms with Gasteiger partial charge in [-0.25, -0.2) is 4.98 Å². The van der Waals surface area contributed by atoms with E-state index >= 15 is 0 Å². The highest BCUT2D eigenvalue weighted by Crippen LogP contribution is 2.37. The number of fused-ring (bicyclic) bond motifs is 3. The lowest BCUT2D eigenvalue weighted by atomic mass is 9.58. The van der Waals surface area contributed by atoms with E-state index in [9.17, 15) is 0 Å². The van der Waals surface area contributed by atoms with Gasteiger partial charge in [-0.2, -0.15) is 0 Å². The number of nitrogens with zero attached hydrogens (tertiary/aromatic N) is 3. The molecule has 138 valence electrons. The van der Waals surface area contributed by atoms with Crippen molar-refractivity contribution >= 4 is 18.1 Å². The van der Waals surface area contributed by atoms with Crippen LogP contribution in [0.3, 0.4) is 0 Å². The maximum atomic E-state index is 4.75. The Balaban J connectivity index is 2.03. The molecule has 2 heterocycles. The van der Waals surface area contributed by atoms with Gasteiger partial charge in [0.1, 0.15) is 5.82 Å². The van der Waals surface area contributed by atoms with Gasteiger partial charge in [0.2, 0.25) is 0 Å². The largest absolute Gasteiger partial charge is 0.417 e. The van der Waals surface area contributed by atoms with Crippen LogP contribution in [0.25, 0.3) is 11.4 Å². The molecule has 0 bridgehead atoms. The number of imidazole rings is 1. The lowest BCUT2D eigenvalue weighted by Gasteiger charge is -2.38. The maximum Gasteiger partial charge on any atom is 0.417 e. The average Bonchev–Trinajstić information content (AvgIpc) is 3.10. The smallest absolute Gasteiger partial charge is 0.394 e. The maximum absolute atomic E-state index is 4.75. The summed E-state index contributed by atoms with van der Waals surface area (Å²) in [6.07, 6.45) is 4.07. The van der Waals surface area contributed by atoms with Gasteiger partial charge >= 0.3 is 6.98 Å². The topological polar surface area (TPSA) is 21.1 Å². The molecule has 27 heavy (non-hydrogen) atoms. The van der Waals surface area contributed by atoms with Crippen LogP contribution in [0.1, 0.15) is 56.2 Å². The Hall–Kier alpha value is -2.49. The van der Waals surface area contributed by atoms with E-state index in [1.165, 1.54) is 33.4 Å². The van der Waals surface area contributed by atoms with E-state index in [2.05, 4.69) is 93.6 Å². The van der Waals surface area contributed by atoms with Gasteiger partial charge in [0.25, 0.3) is 0 Å². The highest BCUT2D eigenvalue weighted by molar-refractivity contribution is 6.77. The number of rotatable bonds is 3. The first-order chi connectivity index (χ1) is 12.9. The molecule has 0 unspecified atom stereocenters. The van der Waals surface area contributed by atoms with Crippen molar-refractivity contribution < 1.29 is 0 Å². The van der Waals surface area contributed by atoms with Crippen LogP contribution in [0.15, 0.2) is 48.8 Å². The molecular formula is C23H28BN3. The zero-order valence-electron chi connectivity index (χ0n) is 17.2. The molecule has 1 aliphatic heterocycles. The van der Waals surface area contributed by atoms with Gasteiger partial charge in [0, 0.05) is 23.6 Å². The fourth-order valence-electron chi connectivity index (χ4n) is 4.50. The van der Waals surface area contributed by atoms with Gasteiger partial charge in [0.15, 0.2) is 0 Å². The number of aromatic nitrogens is 2. The van der Waals surface area contributed by atoms with Gasteiger partial charge in [-0.3, -0.25) is 0 Å². The molecule has 3 nitrogen and oxygen atoms in total. The Morgan fingerprint density at radius 3 is 2.19 bits per heavy atom. The Kier molecular flexibility index (Phi) is 4.37. The summed E-state index contributed by atoms with van der Waals surface area (Å²) in [5, 5.41) is 0. The number of anilines is 1. The molecule has 3 aromatic rings. The molecule has 0 atom stereocenters. The lowest BCUT2D eigenvalue weighted by molar-refractivity contribution is 0.842. The van der Waals surface area contributed by atoms with Crippen LogP contribution >= 0.6 is 0 Å². The predicted octanol–water partition coefficient (Wildman–Crippen LogP) is 4.80. The van der Waals surface area contributed by atoms with Crippen molar-refractivity contribution in [3.63, 3.8) is 0 Å². The van der Waals surface area contributed by atoms with Crippen LogP contribution in [0.5, 0.6) is 0 Å². The number of aryl methyl sites for hydroxylation is 1. The van der Waals surface area contributed by atoms with Gasteiger partial charge in [-0.05, 0) is 54.0 Å². The fourth-order valence-corrected chi connectivity index (χ4v) is 4.50. The Morgan fingerprint density at radius 2 is 1.56 bits per heavy atom. The van der Waals surface area contributed by atoms with Crippen molar-refractivity contribution in [2.24, 2.45) is 0 Å². The Bertz CT molecular complexity index is 961.